The molecular weight excluding hydrogens is 290 g/mol. The highest BCUT2D eigenvalue weighted by Crippen LogP contribution is 2.26. The first kappa shape index (κ1) is 15.2. The minimum absolute atomic E-state index is 0.239. The number of nitrogens with zero attached hydrogens (tertiary/aromatic N) is 2. The molecule has 0 aliphatic carbocycles. The maximum atomic E-state index is 11.4. The van der Waals surface area contributed by atoms with Gasteiger partial charge in [0.15, 0.2) is 9.84 Å². The van der Waals surface area contributed by atoms with E-state index in [2.05, 4.69) is 9.97 Å². The fraction of sp³-hybridized carbons (Fsp3) is 0.286. The zero-order valence-electron chi connectivity index (χ0n) is 12.1. The minimum Gasteiger partial charge on any atom is -0.439 e. The molecule has 6 nitrogen and oxygen atoms in total. The van der Waals surface area contributed by atoms with Gasteiger partial charge in [-0.05, 0) is 31.2 Å². The largest absolute Gasteiger partial charge is 0.439 e. The van der Waals surface area contributed by atoms with Crippen molar-refractivity contribution in [1.82, 2.24) is 9.97 Å². The van der Waals surface area contributed by atoms with Gasteiger partial charge < -0.3 is 10.5 Å². The van der Waals surface area contributed by atoms with Crippen molar-refractivity contribution in [3.8, 4) is 11.6 Å². The number of aromatic nitrogens is 2. The van der Waals surface area contributed by atoms with E-state index >= 15 is 0 Å². The average Bonchev–Trinajstić information content (AvgIpc) is 2.43. The summed E-state index contributed by atoms with van der Waals surface area (Å²) in [6.07, 6.45) is 1.81. The molecule has 2 aromatic rings. The van der Waals surface area contributed by atoms with E-state index in [0.717, 1.165) is 6.26 Å². The van der Waals surface area contributed by atoms with Gasteiger partial charge in [0.1, 0.15) is 17.4 Å². The Labute approximate surface area is 123 Å². The number of ether oxygens (including phenoxy) is 1. The van der Waals surface area contributed by atoms with Gasteiger partial charge in [0.05, 0.1) is 10.5 Å². The van der Waals surface area contributed by atoms with Crippen LogP contribution in [0.5, 0.6) is 11.6 Å². The monoisotopic (exact) mass is 307 g/mol. The van der Waals surface area contributed by atoms with Crippen molar-refractivity contribution >= 4 is 15.7 Å². The zero-order chi connectivity index (χ0) is 15.6. The highest BCUT2D eigenvalue weighted by atomic mass is 32.2. The Kier molecular flexibility index (Phi) is 4.13. The molecule has 1 aromatic carbocycles. The molecule has 1 heterocycles. The van der Waals surface area contributed by atoms with Crippen molar-refractivity contribution in [3.05, 3.63) is 35.7 Å². The van der Waals surface area contributed by atoms with Crippen LogP contribution >= 0.6 is 0 Å². The first-order valence-electron chi connectivity index (χ1n) is 6.42. The Bertz CT molecular complexity index is 756. The van der Waals surface area contributed by atoms with E-state index in [9.17, 15) is 8.42 Å². The van der Waals surface area contributed by atoms with Crippen LogP contribution in [0.25, 0.3) is 0 Å². The van der Waals surface area contributed by atoms with Crippen LogP contribution in [0.2, 0.25) is 0 Å². The lowest BCUT2D eigenvalue weighted by Gasteiger charge is -2.10. The quantitative estimate of drug-likeness (QED) is 0.929. The third kappa shape index (κ3) is 3.49. The summed E-state index contributed by atoms with van der Waals surface area (Å²) in [5.74, 6) is 1.85. The van der Waals surface area contributed by atoms with E-state index in [0.29, 0.717) is 35.3 Å². The molecule has 0 saturated carbocycles. The molecule has 0 aliphatic rings. The summed E-state index contributed by atoms with van der Waals surface area (Å²) in [5.41, 5.74) is 6.47. The summed E-state index contributed by atoms with van der Waals surface area (Å²) in [4.78, 5) is 8.67. The molecule has 2 N–H and O–H groups in total. The molecule has 0 unspecified atom stereocenters. The third-order valence-electron chi connectivity index (χ3n) is 2.97. The van der Waals surface area contributed by atoms with Gasteiger partial charge in [-0.1, -0.05) is 6.92 Å². The second-order valence-electron chi connectivity index (χ2n) is 4.65. The third-order valence-corrected chi connectivity index (χ3v) is 4.10. The summed E-state index contributed by atoms with van der Waals surface area (Å²) in [7, 11) is -3.22. The molecule has 0 fully saturated rings. The van der Waals surface area contributed by atoms with E-state index < -0.39 is 9.84 Å². The van der Waals surface area contributed by atoms with Gasteiger partial charge in [-0.25, -0.2) is 13.4 Å². The number of hydrogen-bond donors (Lipinski definition) is 1. The Morgan fingerprint density at radius 1 is 1.19 bits per heavy atom. The van der Waals surface area contributed by atoms with Gasteiger partial charge in [-0.15, -0.1) is 0 Å². The van der Waals surface area contributed by atoms with Gasteiger partial charge in [0.25, 0.3) is 0 Å². The molecule has 0 amide bonds. The van der Waals surface area contributed by atoms with Crippen molar-refractivity contribution in [1.29, 1.82) is 0 Å². The molecule has 0 spiro atoms. The number of sulfone groups is 1. The molecule has 7 heteroatoms. The molecule has 2 rings (SSSR count). The molecule has 0 radical (unpaired) electrons. The van der Waals surface area contributed by atoms with Crippen LogP contribution in [0, 0.1) is 6.92 Å². The van der Waals surface area contributed by atoms with Gasteiger partial charge in [0, 0.05) is 12.7 Å². The predicted octanol–water partition coefficient (Wildman–Crippen LogP) is 2.13. The van der Waals surface area contributed by atoms with Crippen molar-refractivity contribution in [2.75, 3.05) is 12.0 Å². The van der Waals surface area contributed by atoms with Crippen LogP contribution < -0.4 is 10.5 Å². The van der Waals surface area contributed by atoms with E-state index in [1.807, 2.05) is 6.92 Å². The number of hydrogen-bond acceptors (Lipinski definition) is 6. The molecule has 112 valence electrons. The van der Waals surface area contributed by atoms with Crippen LogP contribution in [0.15, 0.2) is 29.2 Å². The summed E-state index contributed by atoms with van der Waals surface area (Å²) in [6.45, 7) is 3.70. The number of aryl methyl sites for hydroxylation is 1. The maximum Gasteiger partial charge on any atom is 0.227 e. The molecule has 21 heavy (non-hydrogen) atoms. The van der Waals surface area contributed by atoms with Crippen molar-refractivity contribution < 1.29 is 13.2 Å². The van der Waals surface area contributed by atoms with E-state index in [4.69, 9.17) is 10.5 Å². The topological polar surface area (TPSA) is 95.2 Å². The smallest absolute Gasteiger partial charge is 0.227 e. The second-order valence-corrected chi connectivity index (χ2v) is 6.67. The Balaban J connectivity index is 2.32. The number of anilines is 1. The van der Waals surface area contributed by atoms with Crippen molar-refractivity contribution in [2.24, 2.45) is 0 Å². The normalized spacial score (nSPS) is 11.4. The molecule has 0 bridgehead atoms. The average molecular weight is 307 g/mol. The van der Waals surface area contributed by atoms with E-state index in [1.54, 1.807) is 19.1 Å². The fourth-order valence-corrected chi connectivity index (χ4v) is 2.31. The lowest BCUT2D eigenvalue weighted by molar-refractivity contribution is 0.455. The van der Waals surface area contributed by atoms with Gasteiger partial charge in [-0.2, -0.15) is 4.98 Å². The van der Waals surface area contributed by atoms with Crippen LogP contribution in [-0.4, -0.2) is 24.6 Å². The second kappa shape index (κ2) is 5.69. The number of nitrogen functional groups attached to an aromatic ring is 1. The first-order valence-corrected chi connectivity index (χ1v) is 8.31. The van der Waals surface area contributed by atoms with E-state index in [1.165, 1.54) is 12.1 Å². The number of rotatable bonds is 4. The Hall–Kier alpha value is -2.15. The molecule has 0 atom stereocenters. The van der Waals surface area contributed by atoms with Crippen LogP contribution in [0.3, 0.4) is 0 Å². The first-order chi connectivity index (χ1) is 9.81. The maximum absolute atomic E-state index is 11.4. The molecule has 0 aliphatic heterocycles. The zero-order valence-corrected chi connectivity index (χ0v) is 12.9. The summed E-state index contributed by atoms with van der Waals surface area (Å²) < 4.78 is 28.5. The Morgan fingerprint density at radius 3 is 2.33 bits per heavy atom. The van der Waals surface area contributed by atoms with Crippen molar-refractivity contribution in [3.63, 3.8) is 0 Å². The highest BCUT2D eigenvalue weighted by molar-refractivity contribution is 7.90. The van der Waals surface area contributed by atoms with E-state index in [-0.39, 0.29) is 4.90 Å². The summed E-state index contributed by atoms with van der Waals surface area (Å²) in [5, 5.41) is 0. The highest BCUT2D eigenvalue weighted by Gasteiger charge is 2.11. The molecular formula is C14H17N3O3S. The molecule has 1 aromatic heterocycles. The fourth-order valence-electron chi connectivity index (χ4n) is 1.68. The van der Waals surface area contributed by atoms with Crippen LogP contribution in [0.1, 0.15) is 18.3 Å². The SMILES string of the molecule is CCc1nc(N)c(C)c(Oc2ccc(S(C)(=O)=O)cc2)n1. The lowest BCUT2D eigenvalue weighted by atomic mass is 10.3. The Morgan fingerprint density at radius 2 is 1.81 bits per heavy atom. The molecule has 0 saturated heterocycles. The summed E-state index contributed by atoms with van der Waals surface area (Å²) in [6, 6.07) is 6.15. The van der Waals surface area contributed by atoms with Crippen LogP contribution in [-0.2, 0) is 16.3 Å². The van der Waals surface area contributed by atoms with Gasteiger partial charge in [-0.3, -0.25) is 0 Å². The van der Waals surface area contributed by atoms with Crippen LogP contribution in [0.4, 0.5) is 5.82 Å². The standard InChI is InChI=1S/C14H17N3O3S/c1-4-12-16-13(15)9(2)14(17-12)20-10-5-7-11(8-6-10)21(3,18)19/h5-8H,4H2,1-3H3,(H2,15,16,17). The van der Waals surface area contributed by atoms with Crippen molar-refractivity contribution in [2.45, 2.75) is 25.2 Å². The van der Waals surface area contributed by atoms with Gasteiger partial charge >= 0.3 is 0 Å². The lowest BCUT2D eigenvalue weighted by Crippen LogP contribution is -2.04. The predicted molar refractivity (Wildman–Crippen MR) is 80.2 cm³/mol. The minimum atomic E-state index is -3.22. The van der Waals surface area contributed by atoms with Gasteiger partial charge in [0.2, 0.25) is 5.88 Å². The summed E-state index contributed by atoms with van der Waals surface area (Å²) >= 11 is 0. The number of nitrogens with two attached hydrogens (primary N) is 1. The number of benzene rings is 1.